The summed E-state index contributed by atoms with van der Waals surface area (Å²) in [6, 6.07) is 8.45. The van der Waals surface area contributed by atoms with Gasteiger partial charge in [0.2, 0.25) is 0 Å². The molecule has 24 heavy (non-hydrogen) atoms. The largest absolute Gasteiger partial charge is 0.506 e. The fourth-order valence-corrected chi connectivity index (χ4v) is 3.19. The molecule has 0 aliphatic heterocycles. The van der Waals surface area contributed by atoms with Gasteiger partial charge < -0.3 is 15.9 Å². The highest BCUT2D eigenvalue weighted by Crippen LogP contribution is 2.38. The molecule has 0 amide bonds. The third kappa shape index (κ3) is 3.55. The second kappa shape index (κ2) is 7.89. The molecule has 0 radical (unpaired) electrons. The molecule has 0 bridgehead atoms. The first kappa shape index (κ1) is 17.9. The number of benzene rings is 1. The molecule has 0 saturated heterocycles. The zero-order valence-electron chi connectivity index (χ0n) is 12.5. The van der Waals surface area contributed by atoms with Crippen molar-refractivity contribution in [3.63, 3.8) is 0 Å². The molecule has 2 rings (SSSR count). The maximum Gasteiger partial charge on any atom is 0.143 e. The van der Waals surface area contributed by atoms with E-state index in [0.717, 1.165) is 0 Å². The summed E-state index contributed by atoms with van der Waals surface area (Å²) in [5.41, 5.74) is 7.00. The maximum atomic E-state index is 9.57. The van der Waals surface area contributed by atoms with Crippen LogP contribution in [-0.2, 0) is 0 Å². The lowest BCUT2D eigenvalue weighted by Crippen LogP contribution is -2.03. The van der Waals surface area contributed by atoms with Crippen LogP contribution in [0.5, 0.6) is 5.75 Å². The topological polar surface area (TPSA) is 127 Å². The van der Waals surface area contributed by atoms with E-state index < -0.39 is 0 Å². The first-order chi connectivity index (χ1) is 11.5. The molecule has 2 aromatic rings. The highest BCUT2D eigenvalue weighted by Gasteiger charge is 2.21. The first-order valence-electron chi connectivity index (χ1n) is 6.89. The van der Waals surface area contributed by atoms with Crippen LogP contribution in [0.4, 0.5) is 5.82 Å². The van der Waals surface area contributed by atoms with E-state index in [9.17, 15) is 15.6 Å². The minimum atomic E-state index is -0.1000. The van der Waals surface area contributed by atoms with Gasteiger partial charge >= 0.3 is 0 Å². The van der Waals surface area contributed by atoms with Crippen molar-refractivity contribution in [1.29, 1.82) is 10.5 Å². The van der Waals surface area contributed by atoms with E-state index in [1.807, 2.05) is 6.07 Å². The van der Waals surface area contributed by atoms with Gasteiger partial charge in [0.15, 0.2) is 0 Å². The van der Waals surface area contributed by atoms with Crippen LogP contribution in [-0.4, -0.2) is 27.6 Å². The van der Waals surface area contributed by atoms with E-state index >= 15 is 0 Å². The van der Waals surface area contributed by atoms with Crippen LogP contribution in [0, 0.1) is 22.7 Å². The summed E-state index contributed by atoms with van der Waals surface area (Å²) in [6.07, 6.45) is 0.539. The molecule has 122 valence electrons. The van der Waals surface area contributed by atoms with E-state index in [2.05, 4.69) is 11.1 Å². The molecule has 0 spiro atoms. The molecule has 6 nitrogen and oxygen atoms in total. The Kier molecular flexibility index (Phi) is 5.88. The summed E-state index contributed by atoms with van der Waals surface area (Å²) in [7, 11) is 0. The van der Waals surface area contributed by atoms with Crippen molar-refractivity contribution >= 4 is 29.2 Å². The van der Waals surface area contributed by atoms with E-state index in [4.69, 9.17) is 22.4 Å². The summed E-state index contributed by atoms with van der Waals surface area (Å²) >= 11 is 7.22. The standard InChI is InChI=1S/C16H13ClN4O2S/c17-12-6-9(2-3-13(12)23)14-10(7-18)15(20)21-16(11(14)8-19)24-5-1-4-22/h2-3,6,22-23H,1,4-5H2,(H2,20,21). The van der Waals surface area contributed by atoms with Gasteiger partial charge in [-0.2, -0.15) is 10.5 Å². The monoisotopic (exact) mass is 360 g/mol. The number of phenols is 1. The maximum absolute atomic E-state index is 9.57. The second-order valence-corrected chi connectivity index (χ2v) is 6.23. The zero-order valence-corrected chi connectivity index (χ0v) is 14.0. The molecule has 8 heteroatoms. The highest BCUT2D eigenvalue weighted by molar-refractivity contribution is 7.99. The van der Waals surface area contributed by atoms with Crippen molar-refractivity contribution in [3.8, 4) is 29.0 Å². The SMILES string of the molecule is N#Cc1c(N)nc(SCCCO)c(C#N)c1-c1ccc(O)c(Cl)c1. The number of nitriles is 2. The molecule has 0 fully saturated rings. The molecule has 0 aliphatic carbocycles. The number of aromatic hydroxyl groups is 1. The van der Waals surface area contributed by atoms with Crippen molar-refractivity contribution in [2.75, 3.05) is 18.1 Å². The van der Waals surface area contributed by atoms with Crippen molar-refractivity contribution in [2.45, 2.75) is 11.4 Å². The predicted octanol–water partition coefficient (Wildman–Crippen LogP) is 2.91. The van der Waals surface area contributed by atoms with Crippen molar-refractivity contribution in [1.82, 2.24) is 4.98 Å². The number of anilines is 1. The molecular weight excluding hydrogens is 348 g/mol. The second-order valence-electron chi connectivity index (χ2n) is 4.74. The Hall–Kier alpha value is -2.45. The first-order valence-corrected chi connectivity index (χ1v) is 8.26. The van der Waals surface area contributed by atoms with Gasteiger partial charge in [0.05, 0.1) is 10.6 Å². The fraction of sp³-hybridized carbons (Fsp3) is 0.188. The quantitative estimate of drug-likeness (QED) is 0.552. The Bertz CT molecular complexity index is 859. The van der Waals surface area contributed by atoms with Crippen LogP contribution in [0.2, 0.25) is 5.02 Å². The molecule has 0 aliphatic rings. The van der Waals surface area contributed by atoms with Gasteiger partial charge in [-0.3, -0.25) is 0 Å². The molecule has 0 atom stereocenters. The van der Waals surface area contributed by atoms with Crippen LogP contribution in [0.15, 0.2) is 23.2 Å². The average Bonchev–Trinajstić information content (AvgIpc) is 2.57. The van der Waals surface area contributed by atoms with Gasteiger partial charge in [-0.05, 0) is 24.1 Å². The van der Waals surface area contributed by atoms with Crippen molar-refractivity contribution in [3.05, 3.63) is 34.3 Å². The molecule has 1 aromatic heterocycles. The highest BCUT2D eigenvalue weighted by atomic mass is 35.5. The van der Waals surface area contributed by atoms with E-state index in [1.165, 1.54) is 23.9 Å². The molecule has 1 heterocycles. The Morgan fingerprint density at radius 1 is 1.25 bits per heavy atom. The van der Waals surface area contributed by atoms with Crippen molar-refractivity contribution in [2.24, 2.45) is 0 Å². The van der Waals surface area contributed by atoms with Crippen LogP contribution < -0.4 is 5.73 Å². The third-order valence-corrected chi connectivity index (χ3v) is 4.56. The number of aromatic nitrogens is 1. The van der Waals surface area contributed by atoms with E-state index in [-0.39, 0.29) is 34.3 Å². The lowest BCUT2D eigenvalue weighted by atomic mass is 9.97. The Morgan fingerprint density at radius 3 is 2.54 bits per heavy atom. The smallest absolute Gasteiger partial charge is 0.143 e. The summed E-state index contributed by atoms with van der Waals surface area (Å²) in [6.45, 7) is 0.0288. The molecular formula is C16H13ClN4O2S. The lowest BCUT2D eigenvalue weighted by Gasteiger charge is -2.13. The van der Waals surface area contributed by atoms with Crippen molar-refractivity contribution < 1.29 is 10.2 Å². The summed E-state index contributed by atoms with van der Waals surface area (Å²) < 4.78 is 0. The number of thioether (sulfide) groups is 1. The third-order valence-electron chi connectivity index (χ3n) is 3.19. The number of halogens is 1. The number of nitrogens with two attached hydrogens (primary N) is 1. The number of aliphatic hydroxyl groups is 1. The summed E-state index contributed by atoms with van der Waals surface area (Å²) in [4.78, 5) is 4.14. The number of nitrogen functional groups attached to an aromatic ring is 1. The van der Waals surface area contributed by atoms with E-state index in [0.29, 0.717) is 28.3 Å². The van der Waals surface area contributed by atoms with Crippen LogP contribution in [0.25, 0.3) is 11.1 Å². The predicted molar refractivity (Wildman–Crippen MR) is 92.6 cm³/mol. The Morgan fingerprint density at radius 2 is 1.96 bits per heavy atom. The molecule has 1 aromatic carbocycles. The van der Waals surface area contributed by atoms with E-state index in [1.54, 1.807) is 6.07 Å². The molecule has 0 saturated carbocycles. The summed E-state index contributed by atoms with van der Waals surface area (Å²) in [5.74, 6) is 0.471. The van der Waals surface area contributed by atoms with Gasteiger partial charge in [-0.1, -0.05) is 17.7 Å². The number of phenolic OH excluding ortho intramolecular Hbond substituents is 1. The number of aliphatic hydroxyl groups excluding tert-OH is 1. The normalized spacial score (nSPS) is 10.2. The van der Waals surface area contributed by atoms with Gasteiger partial charge in [-0.25, -0.2) is 4.98 Å². The number of pyridine rings is 1. The number of rotatable bonds is 5. The molecule has 4 N–H and O–H groups in total. The minimum Gasteiger partial charge on any atom is -0.506 e. The number of hydrogen-bond acceptors (Lipinski definition) is 7. The van der Waals surface area contributed by atoms with Crippen LogP contribution in [0.3, 0.4) is 0 Å². The lowest BCUT2D eigenvalue weighted by molar-refractivity contribution is 0.296. The number of hydrogen-bond donors (Lipinski definition) is 3. The summed E-state index contributed by atoms with van der Waals surface area (Å²) in [5, 5.41) is 37.9. The van der Waals surface area contributed by atoms with Gasteiger partial charge in [0, 0.05) is 17.9 Å². The molecule has 0 unspecified atom stereocenters. The van der Waals surface area contributed by atoms with Crippen LogP contribution >= 0.6 is 23.4 Å². The van der Waals surface area contributed by atoms with Gasteiger partial charge in [-0.15, -0.1) is 11.8 Å². The Balaban J connectivity index is 2.69. The fourth-order valence-electron chi connectivity index (χ4n) is 2.09. The minimum absolute atomic E-state index is 0.0159. The van der Waals surface area contributed by atoms with Crippen LogP contribution in [0.1, 0.15) is 17.5 Å². The average molecular weight is 361 g/mol. The Labute approximate surface area is 148 Å². The van der Waals surface area contributed by atoms with Gasteiger partial charge in [0.25, 0.3) is 0 Å². The number of nitrogens with zero attached hydrogens (tertiary/aromatic N) is 3. The van der Waals surface area contributed by atoms with Gasteiger partial charge in [0.1, 0.15) is 34.3 Å². The zero-order chi connectivity index (χ0) is 17.7.